The van der Waals surface area contributed by atoms with E-state index in [9.17, 15) is 0 Å². The van der Waals surface area contributed by atoms with Crippen LogP contribution in [0.3, 0.4) is 0 Å². The van der Waals surface area contributed by atoms with Gasteiger partial charge in [0.25, 0.3) is 0 Å². The minimum atomic E-state index is 0.675. The number of nitrogens with zero attached hydrogens (tertiary/aromatic N) is 1. The lowest BCUT2D eigenvalue weighted by molar-refractivity contribution is 0.214. The lowest BCUT2D eigenvalue weighted by atomic mass is 10.1. The van der Waals surface area contributed by atoms with E-state index in [0.29, 0.717) is 6.04 Å². The highest BCUT2D eigenvalue weighted by Crippen LogP contribution is 2.09. The third-order valence-electron chi connectivity index (χ3n) is 3.65. The Morgan fingerprint density at radius 2 is 1.37 bits per heavy atom. The molecule has 0 aromatic rings. The van der Waals surface area contributed by atoms with Crippen molar-refractivity contribution in [3.8, 4) is 0 Å². The Kier molecular flexibility index (Phi) is 11.7. The second-order valence-electron chi connectivity index (χ2n) is 6.71. The lowest BCUT2D eigenvalue weighted by Gasteiger charge is -2.29. The molecule has 0 rings (SSSR count). The van der Waals surface area contributed by atoms with E-state index >= 15 is 0 Å². The summed E-state index contributed by atoms with van der Waals surface area (Å²) in [6, 6.07) is 0.675. The summed E-state index contributed by atoms with van der Waals surface area (Å²) in [5.74, 6) is 1.62. The average molecular weight is 271 g/mol. The van der Waals surface area contributed by atoms with Crippen LogP contribution in [-0.4, -0.2) is 37.1 Å². The minimum Gasteiger partial charge on any atom is -0.313 e. The molecule has 0 heterocycles. The predicted octanol–water partition coefficient (Wildman–Crippen LogP) is 4.16. The van der Waals surface area contributed by atoms with Crippen molar-refractivity contribution >= 4 is 0 Å². The normalized spacial score (nSPS) is 13.7. The molecule has 0 aromatic carbocycles. The molecule has 1 unspecified atom stereocenters. The van der Waals surface area contributed by atoms with Gasteiger partial charge in [0.15, 0.2) is 0 Å². The van der Waals surface area contributed by atoms with Crippen molar-refractivity contribution in [3.63, 3.8) is 0 Å². The monoisotopic (exact) mass is 270 g/mol. The molecule has 0 aromatic heterocycles. The third kappa shape index (κ3) is 11.4. The average Bonchev–Trinajstić information content (AvgIpc) is 2.32. The first-order valence-corrected chi connectivity index (χ1v) is 8.45. The number of hydrogen-bond acceptors (Lipinski definition) is 2. The fourth-order valence-corrected chi connectivity index (χ4v) is 2.38. The maximum Gasteiger partial charge on any atom is 0.0194 e. The second-order valence-corrected chi connectivity index (χ2v) is 6.71. The summed E-state index contributed by atoms with van der Waals surface area (Å²) in [6.45, 7) is 18.7. The molecule has 0 amide bonds. The number of nitrogens with one attached hydrogen (secondary N) is 1. The molecule has 0 aliphatic carbocycles. The highest BCUT2D eigenvalue weighted by Gasteiger charge is 2.13. The van der Waals surface area contributed by atoms with Crippen molar-refractivity contribution in [2.45, 2.75) is 73.3 Å². The van der Waals surface area contributed by atoms with Gasteiger partial charge in [-0.3, -0.25) is 0 Å². The molecule has 2 nitrogen and oxygen atoms in total. The molecule has 2 heteroatoms. The molecular formula is C17H38N2. The maximum absolute atomic E-state index is 3.65. The third-order valence-corrected chi connectivity index (χ3v) is 3.65. The number of rotatable bonds is 12. The SMILES string of the molecule is CCCC(CN(CCC(C)C)CCC(C)C)NCC. The minimum absolute atomic E-state index is 0.675. The van der Waals surface area contributed by atoms with Gasteiger partial charge in [-0.15, -0.1) is 0 Å². The zero-order valence-electron chi connectivity index (χ0n) is 14.3. The predicted molar refractivity (Wildman–Crippen MR) is 87.7 cm³/mol. The highest BCUT2D eigenvalue weighted by atomic mass is 15.1. The second kappa shape index (κ2) is 11.7. The topological polar surface area (TPSA) is 15.3 Å². The van der Waals surface area contributed by atoms with E-state index in [1.54, 1.807) is 0 Å². The Morgan fingerprint density at radius 1 is 0.842 bits per heavy atom. The summed E-state index contributed by atoms with van der Waals surface area (Å²) in [7, 11) is 0. The molecule has 0 aliphatic heterocycles. The first kappa shape index (κ1) is 18.9. The van der Waals surface area contributed by atoms with Crippen LogP contribution < -0.4 is 5.32 Å². The van der Waals surface area contributed by atoms with Crippen LogP contribution in [0.15, 0.2) is 0 Å². The highest BCUT2D eigenvalue weighted by molar-refractivity contribution is 4.72. The van der Waals surface area contributed by atoms with Gasteiger partial charge in [-0.2, -0.15) is 0 Å². The van der Waals surface area contributed by atoms with Gasteiger partial charge in [0.1, 0.15) is 0 Å². The number of hydrogen-bond donors (Lipinski definition) is 1. The quantitative estimate of drug-likeness (QED) is 0.573. The molecule has 1 atom stereocenters. The molecule has 0 bridgehead atoms. The van der Waals surface area contributed by atoms with Crippen molar-refractivity contribution < 1.29 is 0 Å². The first-order chi connectivity index (χ1) is 8.99. The fraction of sp³-hybridized carbons (Fsp3) is 1.00. The van der Waals surface area contributed by atoms with Crippen molar-refractivity contribution in [3.05, 3.63) is 0 Å². The molecule has 19 heavy (non-hydrogen) atoms. The Labute approximate surface area is 122 Å². The Morgan fingerprint density at radius 3 is 1.74 bits per heavy atom. The largest absolute Gasteiger partial charge is 0.313 e. The smallest absolute Gasteiger partial charge is 0.0194 e. The molecule has 0 spiro atoms. The number of likely N-dealkylation sites (N-methyl/N-ethyl adjacent to an activating group) is 1. The van der Waals surface area contributed by atoms with Crippen molar-refractivity contribution in [2.75, 3.05) is 26.2 Å². The van der Waals surface area contributed by atoms with E-state index in [1.807, 2.05) is 0 Å². The molecule has 0 saturated carbocycles. The Balaban J connectivity index is 4.25. The zero-order chi connectivity index (χ0) is 14.7. The summed E-state index contributed by atoms with van der Waals surface area (Å²) in [5.41, 5.74) is 0. The van der Waals surface area contributed by atoms with Gasteiger partial charge in [0.2, 0.25) is 0 Å². The summed E-state index contributed by atoms with van der Waals surface area (Å²) >= 11 is 0. The van der Waals surface area contributed by atoms with Gasteiger partial charge in [-0.25, -0.2) is 0 Å². The van der Waals surface area contributed by atoms with Crippen molar-refractivity contribution in [2.24, 2.45) is 11.8 Å². The van der Waals surface area contributed by atoms with Crippen molar-refractivity contribution in [1.82, 2.24) is 10.2 Å². The van der Waals surface area contributed by atoms with E-state index in [2.05, 4.69) is 51.8 Å². The van der Waals surface area contributed by atoms with E-state index in [-0.39, 0.29) is 0 Å². The molecule has 0 fully saturated rings. The van der Waals surface area contributed by atoms with E-state index in [1.165, 1.54) is 45.3 Å². The van der Waals surface area contributed by atoms with Crippen LogP contribution in [0.25, 0.3) is 0 Å². The van der Waals surface area contributed by atoms with Gasteiger partial charge in [-0.1, -0.05) is 48.0 Å². The van der Waals surface area contributed by atoms with Crippen LogP contribution in [0, 0.1) is 11.8 Å². The molecule has 0 saturated heterocycles. The van der Waals surface area contributed by atoms with Crippen LogP contribution in [0.4, 0.5) is 0 Å². The molecule has 0 aliphatic rings. The van der Waals surface area contributed by atoms with Gasteiger partial charge in [-0.05, 0) is 50.7 Å². The summed E-state index contributed by atoms with van der Waals surface area (Å²) < 4.78 is 0. The Bertz CT molecular complexity index is 172. The summed E-state index contributed by atoms with van der Waals surface area (Å²) in [6.07, 6.45) is 5.22. The van der Waals surface area contributed by atoms with Gasteiger partial charge < -0.3 is 10.2 Å². The standard InChI is InChI=1S/C17H38N2/c1-7-9-17(18-8-2)14-19(12-10-15(3)4)13-11-16(5)6/h15-18H,7-14H2,1-6H3. The van der Waals surface area contributed by atoms with Gasteiger partial charge >= 0.3 is 0 Å². The molecule has 116 valence electrons. The summed E-state index contributed by atoms with van der Waals surface area (Å²) in [4.78, 5) is 2.68. The molecule has 0 radical (unpaired) electrons. The van der Waals surface area contributed by atoms with E-state index in [0.717, 1.165) is 18.4 Å². The van der Waals surface area contributed by atoms with Gasteiger partial charge in [0.05, 0.1) is 0 Å². The first-order valence-electron chi connectivity index (χ1n) is 8.45. The van der Waals surface area contributed by atoms with E-state index < -0.39 is 0 Å². The van der Waals surface area contributed by atoms with Crippen LogP contribution in [0.2, 0.25) is 0 Å². The van der Waals surface area contributed by atoms with Crippen LogP contribution in [-0.2, 0) is 0 Å². The Hall–Kier alpha value is -0.0800. The van der Waals surface area contributed by atoms with Crippen LogP contribution in [0.1, 0.15) is 67.2 Å². The van der Waals surface area contributed by atoms with Crippen LogP contribution >= 0.6 is 0 Å². The van der Waals surface area contributed by atoms with Gasteiger partial charge in [0, 0.05) is 12.6 Å². The molecular weight excluding hydrogens is 232 g/mol. The molecule has 1 N–H and O–H groups in total. The fourth-order valence-electron chi connectivity index (χ4n) is 2.38. The summed E-state index contributed by atoms with van der Waals surface area (Å²) in [5, 5.41) is 3.65. The lowest BCUT2D eigenvalue weighted by Crippen LogP contribution is -2.42. The van der Waals surface area contributed by atoms with E-state index in [4.69, 9.17) is 0 Å². The van der Waals surface area contributed by atoms with Crippen molar-refractivity contribution in [1.29, 1.82) is 0 Å². The van der Waals surface area contributed by atoms with Crippen LogP contribution in [0.5, 0.6) is 0 Å². The maximum atomic E-state index is 3.65. The zero-order valence-corrected chi connectivity index (χ0v) is 14.3.